The molecule has 1 saturated heterocycles. The summed E-state index contributed by atoms with van der Waals surface area (Å²) in [5.74, 6) is -2.08. The number of aromatic nitrogens is 6. The normalized spacial score (nSPS) is 19.9. The zero-order valence-corrected chi connectivity index (χ0v) is 21.1. The second kappa shape index (κ2) is 9.40. The summed E-state index contributed by atoms with van der Waals surface area (Å²) in [4.78, 5) is 25.8. The lowest BCUT2D eigenvalue weighted by molar-refractivity contribution is -0.147. The van der Waals surface area contributed by atoms with Gasteiger partial charge in [-0.1, -0.05) is 0 Å². The molecule has 1 aromatic carbocycles. The van der Waals surface area contributed by atoms with E-state index in [0.29, 0.717) is 30.1 Å². The van der Waals surface area contributed by atoms with Crippen LogP contribution in [0.15, 0.2) is 35.4 Å². The Bertz CT molecular complexity index is 1630. The van der Waals surface area contributed by atoms with Gasteiger partial charge in [-0.25, -0.2) is 19.3 Å². The number of nitrogens with zero attached hydrogens (tertiary/aromatic N) is 6. The highest BCUT2D eigenvalue weighted by molar-refractivity contribution is 5.88. The molecule has 2 aliphatic rings. The highest BCUT2D eigenvalue weighted by Gasteiger charge is 2.38. The van der Waals surface area contributed by atoms with Crippen molar-refractivity contribution in [1.82, 2.24) is 29.3 Å². The number of benzene rings is 1. The number of fused-ring (bicyclic) bond motifs is 1. The molecule has 2 atom stereocenters. The maximum Gasteiger partial charge on any atom is 0.449 e. The number of methoxy groups -OCH3 is 1. The monoisotopic (exact) mass is 544 g/mol. The van der Waals surface area contributed by atoms with E-state index in [1.54, 1.807) is 6.20 Å². The van der Waals surface area contributed by atoms with Crippen LogP contribution in [0.3, 0.4) is 0 Å². The predicted octanol–water partition coefficient (Wildman–Crippen LogP) is 4.72. The minimum absolute atomic E-state index is 0.118. The van der Waals surface area contributed by atoms with E-state index in [4.69, 9.17) is 9.47 Å². The summed E-state index contributed by atoms with van der Waals surface area (Å²) >= 11 is 0. The van der Waals surface area contributed by atoms with Gasteiger partial charge >= 0.3 is 6.18 Å². The molecule has 13 heteroatoms. The van der Waals surface area contributed by atoms with E-state index in [1.165, 1.54) is 19.2 Å². The molecule has 0 bridgehead atoms. The molecule has 6 rings (SSSR count). The fourth-order valence-corrected chi connectivity index (χ4v) is 4.92. The average molecular weight is 545 g/mol. The lowest BCUT2D eigenvalue weighted by atomic mass is 9.92. The number of hydrogen-bond acceptors (Lipinski definition) is 7. The van der Waals surface area contributed by atoms with Crippen LogP contribution >= 0.6 is 0 Å². The summed E-state index contributed by atoms with van der Waals surface area (Å²) < 4.78 is 69.7. The Balaban J connectivity index is 1.48. The lowest BCUT2D eigenvalue weighted by Gasteiger charge is -2.28. The molecule has 2 fully saturated rings. The van der Waals surface area contributed by atoms with Gasteiger partial charge in [0.2, 0.25) is 5.82 Å². The molecule has 0 spiro atoms. The van der Waals surface area contributed by atoms with Crippen molar-refractivity contribution in [2.75, 3.05) is 13.7 Å². The zero-order chi connectivity index (χ0) is 27.5. The molecule has 39 heavy (non-hydrogen) atoms. The Morgan fingerprint density at radius 3 is 2.59 bits per heavy atom. The fraction of sp³-hybridized carbons (Fsp3) is 0.423. The Kier molecular flexibility index (Phi) is 6.12. The van der Waals surface area contributed by atoms with Crippen LogP contribution in [-0.4, -0.2) is 43.0 Å². The van der Waals surface area contributed by atoms with Crippen molar-refractivity contribution in [1.29, 1.82) is 0 Å². The second-order valence-corrected chi connectivity index (χ2v) is 9.84. The highest BCUT2D eigenvalue weighted by atomic mass is 19.4. The zero-order valence-electron chi connectivity index (χ0n) is 21.1. The van der Waals surface area contributed by atoms with Crippen molar-refractivity contribution in [3.63, 3.8) is 0 Å². The molecule has 0 radical (unpaired) electrons. The summed E-state index contributed by atoms with van der Waals surface area (Å²) in [6.45, 7) is 0.376. The van der Waals surface area contributed by atoms with Crippen LogP contribution in [0.2, 0.25) is 0 Å². The summed E-state index contributed by atoms with van der Waals surface area (Å²) in [5, 5.41) is 4.43. The molecule has 4 aromatic rings. The van der Waals surface area contributed by atoms with E-state index in [2.05, 4.69) is 20.1 Å². The van der Waals surface area contributed by atoms with E-state index in [9.17, 15) is 18.0 Å². The largest absolute Gasteiger partial charge is 0.497 e. The number of alkyl halides is 3. The summed E-state index contributed by atoms with van der Waals surface area (Å²) in [7, 11) is 2.35. The van der Waals surface area contributed by atoms with Gasteiger partial charge < -0.3 is 9.47 Å². The topological polar surface area (TPSA) is 97.0 Å². The van der Waals surface area contributed by atoms with Crippen molar-refractivity contribution in [2.24, 2.45) is 7.05 Å². The van der Waals surface area contributed by atoms with Gasteiger partial charge in [0.25, 0.3) is 5.56 Å². The summed E-state index contributed by atoms with van der Waals surface area (Å²) in [5.41, 5.74) is -1.14. The van der Waals surface area contributed by atoms with Gasteiger partial charge in [-0.3, -0.25) is 14.0 Å². The Morgan fingerprint density at radius 2 is 1.90 bits per heavy atom. The first-order valence-electron chi connectivity index (χ1n) is 12.5. The molecule has 3 aromatic heterocycles. The smallest absolute Gasteiger partial charge is 0.449 e. The van der Waals surface area contributed by atoms with E-state index < -0.39 is 28.9 Å². The average Bonchev–Trinajstić information content (AvgIpc) is 3.65. The van der Waals surface area contributed by atoms with Crippen molar-refractivity contribution in [3.8, 4) is 17.0 Å². The Hall–Kier alpha value is -3.87. The van der Waals surface area contributed by atoms with Gasteiger partial charge in [-0.15, -0.1) is 0 Å². The van der Waals surface area contributed by atoms with Crippen LogP contribution < -0.4 is 10.3 Å². The van der Waals surface area contributed by atoms with Gasteiger partial charge in [-0.05, 0) is 37.8 Å². The van der Waals surface area contributed by atoms with Crippen LogP contribution in [0, 0.1) is 5.82 Å². The summed E-state index contributed by atoms with van der Waals surface area (Å²) in [6.07, 6.45) is 1.65. The lowest BCUT2D eigenvalue weighted by Crippen LogP contribution is -2.29. The van der Waals surface area contributed by atoms with Gasteiger partial charge in [-0.2, -0.15) is 18.3 Å². The van der Waals surface area contributed by atoms with E-state index in [-0.39, 0.29) is 40.4 Å². The van der Waals surface area contributed by atoms with E-state index in [1.807, 2.05) is 10.9 Å². The van der Waals surface area contributed by atoms with Crippen LogP contribution in [0.25, 0.3) is 22.3 Å². The van der Waals surface area contributed by atoms with Gasteiger partial charge in [0, 0.05) is 43.0 Å². The molecule has 1 aliphatic carbocycles. The standard InChI is InChI=1S/C26H24F4N6O3/c1-35-24(37)22-21(34-25(35)26(28,29)30)20(17-6-5-16(38-2)10-18(17)27)32-23(33-22)13-7-8-39-19(9-13)14-11-31-36(12-14)15-3-4-15/h5-6,10-13,15,19H,3-4,7-9H2,1-2H3/t13-,19-/m1/s1. The molecular weight excluding hydrogens is 520 g/mol. The van der Waals surface area contributed by atoms with Crippen molar-refractivity contribution < 1.29 is 27.0 Å². The molecule has 0 N–H and O–H groups in total. The Labute approximate surface area is 219 Å². The third kappa shape index (κ3) is 4.64. The van der Waals surface area contributed by atoms with Crippen LogP contribution in [0.4, 0.5) is 17.6 Å². The molecule has 4 heterocycles. The molecule has 1 aliphatic heterocycles. The van der Waals surface area contributed by atoms with Crippen LogP contribution in [0.5, 0.6) is 5.75 Å². The molecule has 9 nitrogen and oxygen atoms in total. The highest BCUT2D eigenvalue weighted by Crippen LogP contribution is 2.40. The second-order valence-electron chi connectivity index (χ2n) is 9.84. The number of rotatable bonds is 5. The minimum atomic E-state index is -4.92. The Morgan fingerprint density at radius 1 is 1.10 bits per heavy atom. The maximum absolute atomic E-state index is 15.2. The molecule has 0 unspecified atom stereocenters. The molecule has 204 valence electrons. The maximum atomic E-state index is 15.2. The first kappa shape index (κ1) is 25.4. The van der Waals surface area contributed by atoms with Crippen LogP contribution in [0.1, 0.15) is 61.0 Å². The number of ether oxygens (including phenoxy) is 2. The predicted molar refractivity (Wildman–Crippen MR) is 131 cm³/mol. The van der Waals surface area contributed by atoms with Gasteiger partial charge in [0.15, 0.2) is 5.52 Å². The third-order valence-corrected chi connectivity index (χ3v) is 7.19. The third-order valence-electron chi connectivity index (χ3n) is 7.19. The first-order valence-corrected chi connectivity index (χ1v) is 12.5. The van der Waals surface area contributed by atoms with E-state index >= 15 is 4.39 Å². The van der Waals surface area contributed by atoms with Crippen molar-refractivity contribution >= 4 is 11.0 Å². The fourth-order valence-electron chi connectivity index (χ4n) is 4.92. The van der Waals surface area contributed by atoms with Crippen molar-refractivity contribution in [2.45, 2.75) is 49.9 Å². The molecular formula is C26H24F4N6O3. The van der Waals surface area contributed by atoms with Gasteiger partial charge in [0.05, 0.1) is 25.5 Å². The van der Waals surface area contributed by atoms with Gasteiger partial charge in [0.1, 0.15) is 28.6 Å². The number of halogens is 4. The van der Waals surface area contributed by atoms with E-state index in [0.717, 1.165) is 31.5 Å². The molecule has 1 saturated carbocycles. The number of hydrogen-bond donors (Lipinski definition) is 0. The van der Waals surface area contributed by atoms with Crippen molar-refractivity contribution in [3.05, 3.63) is 64.0 Å². The first-order chi connectivity index (χ1) is 18.6. The SMILES string of the molecule is COc1ccc(-c2nc([C@@H]3CCO[C@@H](c4cnn(C5CC5)c4)C3)nc3c(=O)n(C)c(C(F)(F)F)nc23)c(F)c1. The quantitative estimate of drug-likeness (QED) is 0.336. The minimum Gasteiger partial charge on any atom is -0.497 e. The van der Waals surface area contributed by atoms with Crippen LogP contribution in [-0.2, 0) is 18.0 Å². The molecule has 0 amide bonds. The summed E-state index contributed by atoms with van der Waals surface area (Å²) in [6, 6.07) is 4.30.